The normalized spacial score (nSPS) is 16.8. The van der Waals surface area contributed by atoms with Crippen LogP contribution in [0.2, 0.25) is 0 Å². The van der Waals surface area contributed by atoms with E-state index in [0.717, 1.165) is 11.3 Å². The number of primary amides is 1. The summed E-state index contributed by atoms with van der Waals surface area (Å²) in [6.45, 7) is 4.23. The molecule has 0 radical (unpaired) electrons. The number of hydrogen-bond donors (Lipinski definition) is 2. The zero-order chi connectivity index (χ0) is 20.4. The fourth-order valence-electron chi connectivity index (χ4n) is 3.32. The Morgan fingerprint density at radius 1 is 1.25 bits per heavy atom. The Labute approximate surface area is 163 Å². The molecule has 2 aromatic rings. The molecule has 0 aliphatic carbocycles. The fraction of sp³-hybridized carbons (Fsp3) is 0.333. The molecule has 7 nitrogen and oxygen atoms in total. The maximum Gasteiger partial charge on any atom is 0.251 e. The van der Waals surface area contributed by atoms with Crippen molar-refractivity contribution in [2.75, 3.05) is 13.6 Å². The van der Waals surface area contributed by atoms with Gasteiger partial charge in [-0.1, -0.05) is 12.1 Å². The molecular weight excluding hydrogens is 356 g/mol. The molecule has 146 valence electrons. The third-order valence-corrected chi connectivity index (χ3v) is 5.09. The number of hydrogen-bond acceptors (Lipinski definition) is 4. The van der Waals surface area contributed by atoms with Crippen LogP contribution in [0.25, 0.3) is 11.3 Å². The van der Waals surface area contributed by atoms with Crippen LogP contribution in [-0.4, -0.2) is 47.2 Å². The van der Waals surface area contributed by atoms with Crippen molar-refractivity contribution in [1.29, 1.82) is 0 Å². The summed E-state index contributed by atoms with van der Waals surface area (Å²) in [5, 5.41) is 2.98. The van der Waals surface area contributed by atoms with Crippen molar-refractivity contribution in [3.63, 3.8) is 0 Å². The molecule has 3 amide bonds. The molecule has 1 fully saturated rings. The van der Waals surface area contributed by atoms with Crippen LogP contribution in [-0.2, 0) is 4.79 Å². The van der Waals surface area contributed by atoms with Crippen molar-refractivity contribution in [3.8, 4) is 11.3 Å². The summed E-state index contributed by atoms with van der Waals surface area (Å²) in [6, 6.07) is 8.61. The van der Waals surface area contributed by atoms with Gasteiger partial charge in [-0.3, -0.25) is 19.4 Å². The highest BCUT2D eigenvalue weighted by molar-refractivity contribution is 6.00. The number of nitrogens with zero attached hydrogens (tertiary/aromatic N) is 2. The number of aryl methyl sites for hydroxylation is 2. The summed E-state index contributed by atoms with van der Waals surface area (Å²) < 4.78 is 0. The predicted molar refractivity (Wildman–Crippen MR) is 106 cm³/mol. The molecule has 0 bridgehead atoms. The molecule has 1 aliphatic heterocycles. The van der Waals surface area contributed by atoms with E-state index in [1.165, 1.54) is 0 Å². The summed E-state index contributed by atoms with van der Waals surface area (Å²) in [7, 11) is 1.73. The van der Waals surface area contributed by atoms with Crippen LogP contribution in [0.1, 0.15) is 44.8 Å². The average molecular weight is 380 g/mol. The van der Waals surface area contributed by atoms with E-state index in [1.807, 2.05) is 13.8 Å². The maximum atomic E-state index is 12.7. The quantitative estimate of drug-likeness (QED) is 0.844. The Morgan fingerprint density at radius 2 is 2.00 bits per heavy atom. The highest BCUT2D eigenvalue weighted by Crippen LogP contribution is 2.25. The van der Waals surface area contributed by atoms with Gasteiger partial charge in [0.15, 0.2) is 0 Å². The number of carbonyl (C=O) groups excluding carboxylic acids is 3. The number of likely N-dealkylation sites (N-methyl/N-ethyl adjacent to an activating group) is 1. The number of pyridine rings is 1. The largest absolute Gasteiger partial charge is 0.366 e. The Balaban J connectivity index is 1.87. The monoisotopic (exact) mass is 380 g/mol. The number of aromatic nitrogens is 1. The summed E-state index contributed by atoms with van der Waals surface area (Å²) in [4.78, 5) is 42.3. The van der Waals surface area contributed by atoms with Crippen LogP contribution in [0.5, 0.6) is 0 Å². The predicted octanol–water partition coefficient (Wildman–Crippen LogP) is 1.81. The van der Waals surface area contributed by atoms with Crippen LogP contribution in [0, 0.1) is 13.8 Å². The maximum absolute atomic E-state index is 12.7. The number of amides is 3. The lowest BCUT2D eigenvalue weighted by Crippen LogP contribution is -2.48. The number of likely N-dealkylation sites (tertiary alicyclic amines) is 1. The lowest BCUT2D eigenvalue weighted by atomic mass is 10.00. The number of piperidine rings is 1. The van der Waals surface area contributed by atoms with Crippen molar-refractivity contribution in [1.82, 2.24) is 15.2 Å². The molecule has 1 aliphatic rings. The molecule has 3 N–H and O–H groups in total. The second-order valence-electron chi connectivity index (χ2n) is 7.22. The number of nitrogens with two attached hydrogens (primary N) is 1. The van der Waals surface area contributed by atoms with Gasteiger partial charge in [-0.25, -0.2) is 0 Å². The van der Waals surface area contributed by atoms with Gasteiger partial charge in [-0.15, -0.1) is 0 Å². The Hall–Kier alpha value is -3.22. The molecule has 1 aromatic heterocycles. The number of carbonyl (C=O) groups is 3. The molecule has 2 heterocycles. The van der Waals surface area contributed by atoms with E-state index in [9.17, 15) is 14.4 Å². The van der Waals surface area contributed by atoms with Crippen LogP contribution >= 0.6 is 0 Å². The van der Waals surface area contributed by atoms with Gasteiger partial charge in [-0.2, -0.15) is 0 Å². The molecule has 0 unspecified atom stereocenters. The van der Waals surface area contributed by atoms with Crippen molar-refractivity contribution < 1.29 is 14.4 Å². The van der Waals surface area contributed by atoms with Gasteiger partial charge in [0.1, 0.15) is 0 Å². The van der Waals surface area contributed by atoms with Gasteiger partial charge in [0.2, 0.25) is 5.91 Å². The van der Waals surface area contributed by atoms with Crippen LogP contribution in [0.3, 0.4) is 0 Å². The summed E-state index contributed by atoms with van der Waals surface area (Å²) in [5.74, 6) is -0.693. The zero-order valence-electron chi connectivity index (χ0n) is 16.3. The lowest BCUT2D eigenvalue weighted by Gasteiger charge is -2.30. The molecule has 1 aromatic carbocycles. The van der Waals surface area contributed by atoms with E-state index in [2.05, 4.69) is 10.3 Å². The molecule has 1 atom stereocenters. The minimum atomic E-state index is -0.560. The second kappa shape index (κ2) is 7.80. The highest BCUT2D eigenvalue weighted by atomic mass is 16.2. The zero-order valence-corrected chi connectivity index (χ0v) is 16.3. The topological polar surface area (TPSA) is 105 Å². The molecule has 1 saturated heterocycles. The minimum Gasteiger partial charge on any atom is -0.366 e. The van der Waals surface area contributed by atoms with Gasteiger partial charge in [0, 0.05) is 42.9 Å². The third kappa shape index (κ3) is 4.03. The van der Waals surface area contributed by atoms with E-state index >= 15 is 0 Å². The standard InChI is InChI=1S/C21H24N4O3/c1-12-9-17(20(22)27)19(23-13(12)2)14-5-4-6-15(10-14)21(28)24-16-7-8-18(26)25(3)11-16/h4-6,9-10,16H,7-8,11H2,1-3H3,(H2,22,27)(H,24,28)/t16-/m1/s1. The van der Waals surface area contributed by atoms with Crippen LogP contribution in [0.4, 0.5) is 0 Å². The lowest BCUT2D eigenvalue weighted by molar-refractivity contribution is -0.132. The van der Waals surface area contributed by atoms with Crippen molar-refractivity contribution in [2.45, 2.75) is 32.7 Å². The number of benzene rings is 1. The van der Waals surface area contributed by atoms with E-state index in [1.54, 1.807) is 42.3 Å². The summed E-state index contributed by atoms with van der Waals surface area (Å²) in [5.41, 5.74) is 9.11. The van der Waals surface area contributed by atoms with Gasteiger partial charge in [0.25, 0.3) is 11.8 Å². The van der Waals surface area contributed by atoms with Crippen LogP contribution < -0.4 is 11.1 Å². The summed E-state index contributed by atoms with van der Waals surface area (Å²) in [6.07, 6.45) is 1.05. The van der Waals surface area contributed by atoms with E-state index in [0.29, 0.717) is 41.8 Å². The first-order valence-corrected chi connectivity index (χ1v) is 9.19. The van der Waals surface area contributed by atoms with Gasteiger partial charge in [0.05, 0.1) is 11.3 Å². The van der Waals surface area contributed by atoms with Crippen LogP contribution in [0.15, 0.2) is 30.3 Å². The molecular formula is C21H24N4O3. The smallest absolute Gasteiger partial charge is 0.251 e. The molecule has 7 heteroatoms. The molecule has 0 spiro atoms. The average Bonchev–Trinajstić information content (AvgIpc) is 2.66. The van der Waals surface area contributed by atoms with Crippen molar-refractivity contribution in [3.05, 3.63) is 52.7 Å². The van der Waals surface area contributed by atoms with Gasteiger partial charge >= 0.3 is 0 Å². The first-order valence-electron chi connectivity index (χ1n) is 9.19. The molecule has 0 saturated carbocycles. The van der Waals surface area contributed by atoms with E-state index in [4.69, 9.17) is 5.73 Å². The minimum absolute atomic E-state index is 0.0835. The fourth-order valence-corrected chi connectivity index (χ4v) is 3.32. The summed E-state index contributed by atoms with van der Waals surface area (Å²) >= 11 is 0. The first kappa shape index (κ1) is 19.5. The Morgan fingerprint density at radius 3 is 2.68 bits per heavy atom. The highest BCUT2D eigenvalue weighted by Gasteiger charge is 2.24. The second-order valence-corrected chi connectivity index (χ2v) is 7.22. The van der Waals surface area contributed by atoms with E-state index in [-0.39, 0.29) is 17.9 Å². The number of rotatable bonds is 4. The van der Waals surface area contributed by atoms with Gasteiger partial charge < -0.3 is 16.0 Å². The SMILES string of the molecule is Cc1cc(C(N)=O)c(-c2cccc(C(=O)N[C@@H]3CCC(=O)N(C)C3)c2)nc1C. The first-order chi connectivity index (χ1) is 13.3. The van der Waals surface area contributed by atoms with Crippen molar-refractivity contribution >= 4 is 17.7 Å². The third-order valence-electron chi connectivity index (χ3n) is 5.09. The van der Waals surface area contributed by atoms with Gasteiger partial charge in [-0.05, 0) is 44.0 Å². The molecule has 3 rings (SSSR count). The number of nitrogens with one attached hydrogen (secondary N) is 1. The Kier molecular flexibility index (Phi) is 5.44. The Bertz CT molecular complexity index is 955. The van der Waals surface area contributed by atoms with E-state index < -0.39 is 5.91 Å². The molecule has 28 heavy (non-hydrogen) atoms. The van der Waals surface area contributed by atoms with Crippen molar-refractivity contribution in [2.24, 2.45) is 5.73 Å².